The maximum atomic E-state index is 13.5. The second-order valence-corrected chi connectivity index (χ2v) is 10.5. The Bertz CT molecular complexity index is 1030. The Hall–Kier alpha value is -2.51. The van der Waals surface area contributed by atoms with Crippen molar-refractivity contribution in [1.82, 2.24) is 14.8 Å². The lowest BCUT2D eigenvalue weighted by Gasteiger charge is -2.28. The largest absolute Gasteiger partial charge is 0.503 e. The van der Waals surface area contributed by atoms with E-state index in [1.54, 1.807) is 11.8 Å². The molecule has 1 atom stereocenters. The molecule has 1 aromatic heterocycles. The highest BCUT2D eigenvalue weighted by molar-refractivity contribution is 7.14. The lowest BCUT2D eigenvalue weighted by atomic mass is 9.85. The van der Waals surface area contributed by atoms with Crippen LogP contribution in [-0.4, -0.2) is 58.8 Å². The molecule has 0 saturated carbocycles. The zero-order chi connectivity index (χ0) is 23.1. The Labute approximate surface area is 188 Å². The van der Waals surface area contributed by atoms with Gasteiger partial charge in [0.25, 0.3) is 5.91 Å². The number of Topliss-reactive ketones (excluding diaryl/α,β-unsaturated/α-hetero) is 1. The van der Waals surface area contributed by atoms with Gasteiger partial charge in [-0.15, -0.1) is 11.3 Å². The van der Waals surface area contributed by atoms with Crippen molar-refractivity contribution < 1.29 is 14.7 Å². The number of thiazole rings is 1. The topological polar surface area (TPSA) is 73.7 Å². The molecule has 0 bridgehead atoms. The van der Waals surface area contributed by atoms with Crippen LogP contribution in [0.25, 0.3) is 0 Å². The number of aromatic nitrogens is 1. The fourth-order valence-corrected chi connectivity index (χ4v) is 4.67. The SMILES string of the molecule is Cc1nc(C)c(C(=O)C2=C(O)C(=O)N(CCN(C)C)[C@@H]2c2ccc(C(C)(C)C)cc2)s1. The third-order valence-electron chi connectivity index (χ3n) is 5.54. The van der Waals surface area contributed by atoms with Crippen molar-refractivity contribution >= 4 is 23.0 Å². The number of benzene rings is 1. The standard InChI is InChI=1S/C24H31N3O3S/c1-14-22(31-15(2)25-14)20(28)18-19(16-8-10-17(11-9-16)24(3,4)5)27(13-12-26(6)7)23(30)21(18)29/h8-11,19,29H,12-13H2,1-7H3/t19-/m1/s1. The van der Waals surface area contributed by atoms with Gasteiger partial charge in [-0.2, -0.15) is 0 Å². The number of hydrogen-bond acceptors (Lipinski definition) is 6. The third kappa shape index (κ3) is 4.57. The van der Waals surface area contributed by atoms with Crippen LogP contribution < -0.4 is 0 Å². The van der Waals surface area contributed by atoms with Gasteiger partial charge in [0.2, 0.25) is 5.78 Å². The maximum Gasteiger partial charge on any atom is 0.290 e. The Morgan fingerprint density at radius 1 is 1.19 bits per heavy atom. The molecule has 7 heteroatoms. The van der Waals surface area contributed by atoms with Crippen LogP contribution in [0.3, 0.4) is 0 Å². The highest BCUT2D eigenvalue weighted by atomic mass is 32.1. The molecule has 2 heterocycles. The number of carbonyl (C=O) groups is 2. The fourth-order valence-electron chi connectivity index (χ4n) is 3.80. The van der Waals surface area contributed by atoms with Gasteiger partial charge in [0.1, 0.15) is 0 Å². The molecule has 1 aliphatic heterocycles. The number of hydrogen-bond donors (Lipinski definition) is 1. The van der Waals surface area contributed by atoms with Crippen LogP contribution in [0.5, 0.6) is 0 Å². The van der Waals surface area contributed by atoms with Gasteiger partial charge < -0.3 is 14.9 Å². The first-order chi connectivity index (χ1) is 14.4. The van der Waals surface area contributed by atoms with E-state index in [9.17, 15) is 14.7 Å². The van der Waals surface area contributed by atoms with Crippen molar-refractivity contribution in [3.63, 3.8) is 0 Å². The van der Waals surface area contributed by atoms with E-state index in [2.05, 4.69) is 25.8 Å². The van der Waals surface area contributed by atoms with E-state index in [1.807, 2.05) is 50.2 Å². The van der Waals surface area contributed by atoms with Crippen molar-refractivity contribution in [2.24, 2.45) is 0 Å². The summed E-state index contributed by atoms with van der Waals surface area (Å²) in [4.78, 5) is 34.9. The summed E-state index contributed by atoms with van der Waals surface area (Å²) in [6.07, 6.45) is 0. The van der Waals surface area contributed by atoms with Crippen molar-refractivity contribution in [2.45, 2.75) is 46.1 Å². The Morgan fingerprint density at radius 3 is 2.29 bits per heavy atom. The molecule has 0 unspecified atom stereocenters. The number of carbonyl (C=O) groups excluding carboxylic acids is 2. The summed E-state index contributed by atoms with van der Waals surface area (Å²) in [5.41, 5.74) is 2.72. The van der Waals surface area contributed by atoms with Gasteiger partial charge in [-0.1, -0.05) is 45.0 Å². The monoisotopic (exact) mass is 441 g/mol. The van der Waals surface area contributed by atoms with Crippen LogP contribution in [0.15, 0.2) is 35.6 Å². The Kier molecular flexibility index (Phi) is 6.39. The zero-order valence-corrected chi connectivity index (χ0v) is 20.1. The number of aliphatic hydroxyl groups excluding tert-OH is 1. The smallest absolute Gasteiger partial charge is 0.290 e. The van der Waals surface area contributed by atoms with Crippen molar-refractivity contribution in [2.75, 3.05) is 27.2 Å². The van der Waals surface area contributed by atoms with E-state index in [1.165, 1.54) is 11.3 Å². The van der Waals surface area contributed by atoms with Crippen LogP contribution in [-0.2, 0) is 10.2 Å². The first-order valence-electron chi connectivity index (χ1n) is 10.4. The van der Waals surface area contributed by atoms with Crippen LogP contribution in [0, 0.1) is 13.8 Å². The quantitative estimate of drug-likeness (QED) is 0.680. The third-order valence-corrected chi connectivity index (χ3v) is 6.61. The van der Waals surface area contributed by atoms with Gasteiger partial charge in [-0.05, 0) is 44.5 Å². The summed E-state index contributed by atoms with van der Waals surface area (Å²) in [7, 11) is 3.85. The molecule has 3 rings (SSSR count). The first kappa shape index (κ1) is 23.2. The number of rotatable bonds is 6. The van der Waals surface area contributed by atoms with E-state index >= 15 is 0 Å². The molecule has 1 aromatic carbocycles. The minimum Gasteiger partial charge on any atom is -0.503 e. The van der Waals surface area contributed by atoms with Gasteiger partial charge in [-0.3, -0.25) is 9.59 Å². The van der Waals surface area contributed by atoms with E-state index in [-0.39, 0.29) is 16.8 Å². The molecule has 31 heavy (non-hydrogen) atoms. The number of amides is 1. The maximum absolute atomic E-state index is 13.5. The lowest BCUT2D eigenvalue weighted by molar-refractivity contribution is -0.129. The van der Waals surface area contributed by atoms with E-state index in [4.69, 9.17) is 0 Å². The highest BCUT2D eigenvalue weighted by Crippen LogP contribution is 2.40. The average Bonchev–Trinajstić information content (AvgIpc) is 3.15. The second kappa shape index (κ2) is 8.55. The number of ketones is 1. The van der Waals surface area contributed by atoms with Crippen LogP contribution in [0.4, 0.5) is 0 Å². The molecule has 2 aromatic rings. The number of likely N-dealkylation sites (N-methyl/N-ethyl adjacent to an activating group) is 1. The Balaban J connectivity index is 2.09. The van der Waals surface area contributed by atoms with E-state index in [0.29, 0.717) is 23.7 Å². The van der Waals surface area contributed by atoms with Gasteiger partial charge in [0.05, 0.1) is 27.2 Å². The molecule has 6 nitrogen and oxygen atoms in total. The predicted octanol–water partition coefficient (Wildman–Crippen LogP) is 4.20. The highest BCUT2D eigenvalue weighted by Gasteiger charge is 2.44. The molecule has 1 aliphatic rings. The van der Waals surface area contributed by atoms with E-state index < -0.39 is 17.7 Å². The summed E-state index contributed by atoms with van der Waals surface area (Å²) < 4.78 is 0. The molecular weight excluding hydrogens is 410 g/mol. The molecule has 0 saturated heterocycles. The summed E-state index contributed by atoms with van der Waals surface area (Å²) in [5, 5.41) is 11.6. The van der Waals surface area contributed by atoms with Gasteiger partial charge in [-0.25, -0.2) is 4.98 Å². The molecule has 0 radical (unpaired) electrons. The normalized spacial score (nSPS) is 17.2. The van der Waals surface area contributed by atoms with Crippen molar-refractivity contribution in [3.05, 3.63) is 62.3 Å². The Morgan fingerprint density at radius 2 is 1.81 bits per heavy atom. The predicted molar refractivity (Wildman–Crippen MR) is 124 cm³/mol. The number of aryl methyl sites for hydroxylation is 2. The number of nitrogens with zero attached hydrogens (tertiary/aromatic N) is 3. The summed E-state index contributed by atoms with van der Waals surface area (Å²) in [6, 6.07) is 7.35. The van der Waals surface area contributed by atoms with Crippen LogP contribution in [0.2, 0.25) is 0 Å². The van der Waals surface area contributed by atoms with E-state index in [0.717, 1.165) is 16.1 Å². The molecule has 0 aliphatic carbocycles. The molecule has 1 amide bonds. The molecule has 1 N–H and O–H groups in total. The van der Waals surface area contributed by atoms with Crippen molar-refractivity contribution in [3.8, 4) is 0 Å². The average molecular weight is 442 g/mol. The lowest BCUT2D eigenvalue weighted by Crippen LogP contribution is -2.36. The molecule has 0 spiro atoms. The molecule has 0 fully saturated rings. The summed E-state index contributed by atoms with van der Waals surface area (Å²) in [6.45, 7) is 11.1. The zero-order valence-electron chi connectivity index (χ0n) is 19.3. The summed E-state index contributed by atoms with van der Waals surface area (Å²) in [5.74, 6) is -1.29. The molecule has 166 valence electrons. The van der Waals surface area contributed by atoms with Crippen molar-refractivity contribution in [1.29, 1.82) is 0 Å². The molecular formula is C24H31N3O3S. The first-order valence-corrected chi connectivity index (χ1v) is 11.2. The minimum absolute atomic E-state index is 0.0114. The van der Waals surface area contributed by atoms with Crippen LogP contribution in [0.1, 0.15) is 58.3 Å². The number of aliphatic hydroxyl groups is 1. The van der Waals surface area contributed by atoms with Gasteiger partial charge in [0.15, 0.2) is 5.76 Å². The van der Waals surface area contributed by atoms with Gasteiger partial charge >= 0.3 is 0 Å². The minimum atomic E-state index is -0.629. The fraction of sp³-hybridized carbons (Fsp3) is 0.458. The summed E-state index contributed by atoms with van der Waals surface area (Å²) >= 11 is 1.29. The van der Waals surface area contributed by atoms with Gasteiger partial charge in [0, 0.05) is 13.1 Å². The van der Waals surface area contributed by atoms with Crippen LogP contribution >= 0.6 is 11.3 Å². The second-order valence-electron chi connectivity index (χ2n) is 9.32.